The van der Waals surface area contributed by atoms with Crippen LogP contribution >= 0.6 is 11.6 Å². The zero-order valence-corrected chi connectivity index (χ0v) is 18.2. The first-order chi connectivity index (χ1) is 15.2. The molecule has 0 aliphatic carbocycles. The molecule has 3 aromatic carbocycles. The fraction of sp³-hybridized carbons (Fsp3) is 0.240. The van der Waals surface area contributed by atoms with Crippen molar-refractivity contribution in [3.05, 3.63) is 88.4 Å². The van der Waals surface area contributed by atoms with Crippen molar-refractivity contribution in [1.29, 1.82) is 0 Å². The lowest BCUT2D eigenvalue weighted by Gasteiger charge is -2.38. The van der Waals surface area contributed by atoms with Crippen LogP contribution in [0.25, 0.3) is 0 Å². The molecule has 2 aliphatic heterocycles. The number of nitrogens with zero attached hydrogens (tertiary/aromatic N) is 2. The molecule has 0 amide bonds. The first-order valence-corrected chi connectivity index (χ1v) is 10.7. The summed E-state index contributed by atoms with van der Waals surface area (Å²) in [5, 5.41) is 7.73. The van der Waals surface area contributed by atoms with Gasteiger partial charge in [-0.2, -0.15) is 5.10 Å². The average Bonchev–Trinajstić information content (AvgIpc) is 3.25. The molecule has 31 heavy (non-hydrogen) atoms. The molecular formula is C25H23ClN2O3. The van der Waals surface area contributed by atoms with Crippen molar-refractivity contribution in [3.8, 4) is 17.2 Å². The van der Waals surface area contributed by atoms with Crippen molar-refractivity contribution in [2.45, 2.75) is 25.6 Å². The Morgan fingerprint density at radius 2 is 1.90 bits per heavy atom. The van der Waals surface area contributed by atoms with Gasteiger partial charge in [0.1, 0.15) is 17.2 Å². The average molecular weight is 435 g/mol. The van der Waals surface area contributed by atoms with E-state index in [4.69, 9.17) is 30.9 Å². The fourth-order valence-electron chi connectivity index (χ4n) is 4.15. The highest BCUT2D eigenvalue weighted by Gasteiger charge is 2.41. The summed E-state index contributed by atoms with van der Waals surface area (Å²) in [6, 6.07) is 21.8. The molecule has 0 N–H and O–H groups in total. The summed E-state index contributed by atoms with van der Waals surface area (Å²) in [6.07, 6.45) is 0.426. The lowest BCUT2D eigenvalue weighted by Crippen LogP contribution is -2.33. The minimum Gasteiger partial charge on any atom is -0.497 e. The first kappa shape index (κ1) is 19.8. The van der Waals surface area contributed by atoms with Crippen LogP contribution < -0.4 is 14.2 Å². The number of rotatable bonds is 5. The quantitative estimate of drug-likeness (QED) is 0.494. The van der Waals surface area contributed by atoms with Gasteiger partial charge in [-0.1, -0.05) is 23.7 Å². The predicted octanol–water partition coefficient (Wildman–Crippen LogP) is 5.99. The molecule has 0 aromatic heterocycles. The highest BCUT2D eigenvalue weighted by Crippen LogP contribution is 2.48. The standard InChI is InChI=1S/C25H23ClN2O3/c1-3-30-19-10-7-16(8-11-19)25-28-23(21-14-18(26)9-12-24(21)31-25)15-22(27-28)17-5-4-6-20(13-17)29-2/h4-14,23,25H,3,15H2,1-2H3/t23-,25-/m1/s1. The van der Waals surface area contributed by atoms with E-state index in [1.54, 1.807) is 7.11 Å². The zero-order chi connectivity index (χ0) is 21.4. The second kappa shape index (κ2) is 8.16. The second-order valence-electron chi connectivity index (χ2n) is 7.53. The van der Waals surface area contributed by atoms with E-state index in [0.29, 0.717) is 11.6 Å². The molecule has 2 aliphatic rings. The van der Waals surface area contributed by atoms with Gasteiger partial charge in [0.05, 0.1) is 25.5 Å². The number of fused-ring (bicyclic) bond motifs is 3. The summed E-state index contributed by atoms with van der Waals surface area (Å²) in [7, 11) is 1.67. The Kier molecular flexibility index (Phi) is 5.20. The van der Waals surface area contributed by atoms with Gasteiger partial charge in [0, 0.05) is 28.1 Å². The second-order valence-corrected chi connectivity index (χ2v) is 7.97. The van der Waals surface area contributed by atoms with Crippen molar-refractivity contribution >= 4 is 17.3 Å². The van der Waals surface area contributed by atoms with Gasteiger partial charge in [-0.25, -0.2) is 5.01 Å². The molecule has 5 rings (SSSR count). The molecule has 0 bridgehead atoms. The van der Waals surface area contributed by atoms with Gasteiger partial charge in [-0.05, 0) is 61.5 Å². The monoisotopic (exact) mass is 434 g/mol. The summed E-state index contributed by atoms with van der Waals surface area (Å²) < 4.78 is 17.4. The molecule has 0 fully saturated rings. The normalized spacial score (nSPS) is 19.2. The molecular weight excluding hydrogens is 412 g/mol. The molecule has 3 aromatic rings. The Labute approximate surface area is 186 Å². The van der Waals surface area contributed by atoms with E-state index >= 15 is 0 Å². The van der Waals surface area contributed by atoms with E-state index in [0.717, 1.165) is 46.1 Å². The molecule has 158 valence electrons. The number of methoxy groups -OCH3 is 1. The van der Waals surface area contributed by atoms with Crippen LogP contribution in [0.4, 0.5) is 0 Å². The van der Waals surface area contributed by atoms with E-state index in [1.807, 2.05) is 72.6 Å². The number of hydrogen-bond donors (Lipinski definition) is 0. The summed E-state index contributed by atoms with van der Waals surface area (Å²) in [5.74, 6) is 2.49. The van der Waals surface area contributed by atoms with Crippen LogP contribution in [0.5, 0.6) is 17.2 Å². The third kappa shape index (κ3) is 3.70. The van der Waals surface area contributed by atoms with Crippen molar-refractivity contribution in [2.24, 2.45) is 5.10 Å². The third-order valence-corrected chi connectivity index (χ3v) is 5.87. The van der Waals surface area contributed by atoms with Crippen LogP contribution in [0.3, 0.4) is 0 Å². The van der Waals surface area contributed by atoms with Gasteiger partial charge < -0.3 is 14.2 Å². The fourth-order valence-corrected chi connectivity index (χ4v) is 4.33. The maximum Gasteiger partial charge on any atom is 0.213 e. The Morgan fingerprint density at radius 1 is 1.06 bits per heavy atom. The van der Waals surface area contributed by atoms with E-state index in [1.165, 1.54) is 0 Å². The van der Waals surface area contributed by atoms with E-state index in [9.17, 15) is 0 Å². The predicted molar refractivity (Wildman–Crippen MR) is 121 cm³/mol. The third-order valence-electron chi connectivity index (χ3n) is 5.63. The van der Waals surface area contributed by atoms with Crippen LogP contribution in [-0.2, 0) is 0 Å². The molecule has 6 heteroatoms. The molecule has 0 spiro atoms. The van der Waals surface area contributed by atoms with Gasteiger partial charge in [0.25, 0.3) is 0 Å². The maximum absolute atomic E-state index is 6.41. The first-order valence-electron chi connectivity index (χ1n) is 10.4. The van der Waals surface area contributed by atoms with Crippen molar-refractivity contribution in [1.82, 2.24) is 5.01 Å². The molecule has 0 unspecified atom stereocenters. The Hall–Kier alpha value is -3.18. The summed E-state index contributed by atoms with van der Waals surface area (Å²) in [6.45, 7) is 2.61. The number of halogens is 1. The molecule has 2 atom stereocenters. The van der Waals surface area contributed by atoms with Crippen LogP contribution in [-0.4, -0.2) is 24.4 Å². The lowest BCUT2D eigenvalue weighted by molar-refractivity contribution is -0.0190. The van der Waals surface area contributed by atoms with E-state index in [2.05, 4.69) is 6.07 Å². The SMILES string of the molecule is CCOc1ccc([C@H]2Oc3ccc(Cl)cc3[C@H]3CC(c4cccc(OC)c4)=NN32)cc1. The van der Waals surface area contributed by atoms with Crippen LogP contribution in [0.2, 0.25) is 5.02 Å². The molecule has 2 heterocycles. The van der Waals surface area contributed by atoms with E-state index in [-0.39, 0.29) is 12.3 Å². The van der Waals surface area contributed by atoms with Crippen molar-refractivity contribution < 1.29 is 14.2 Å². The molecule has 5 nitrogen and oxygen atoms in total. The minimum atomic E-state index is -0.336. The minimum absolute atomic E-state index is 0.0419. The summed E-state index contributed by atoms with van der Waals surface area (Å²) in [4.78, 5) is 0. The lowest BCUT2D eigenvalue weighted by atomic mass is 9.96. The van der Waals surface area contributed by atoms with Gasteiger partial charge >= 0.3 is 0 Å². The van der Waals surface area contributed by atoms with Crippen molar-refractivity contribution in [2.75, 3.05) is 13.7 Å². The summed E-state index contributed by atoms with van der Waals surface area (Å²) >= 11 is 6.32. The molecule has 0 radical (unpaired) electrons. The molecule has 0 saturated carbocycles. The van der Waals surface area contributed by atoms with Gasteiger partial charge in [0.2, 0.25) is 6.23 Å². The largest absolute Gasteiger partial charge is 0.497 e. The molecule has 0 saturated heterocycles. The smallest absolute Gasteiger partial charge is 0.213 e. The zero-order valence-electron chi connectivity index (χ0n) is 17.4. The maximum atomic E-state index is 6.41. The Bertz CT molecular complexity index is 1130. The number of hydrazone groups is 1. The highest BCUT2D eigenvalue weighted by molar-refractivity contribution is 6.30. The Morgan fingerprint density at radius 3 is 2.68 bits per heavy atom. The van der Waals surface area contributed by atoms with Gasteiger partial charge in [0.15, 0.2) is 0 Å². The van der Waals surface area contributed by atoms with Gasteiger partial charge in [-0.15, -0.1) is 0 Å². The summed E-state index contributed by atoms with van der Waals surface area (Å²) in [5.41, 5.74) is 4.11. The topological polar surface area (TPSA) is 43.3 Å². The number of ether oxygens (including phenoxy) is 3. The van der Waals surface area contributed by atoms with Crippen molar-refractivity contribution in [3.63, 3.8) is 0 Å². The van der Waals surface area contributed by atoms with Crippen LogP contribution in [0, 0.1) is 0 Å². The number of benzene rings is 3. The van der Waals surface area contributed by atoms with Crippen LogP contribution in [0.1, 0.15) is 42.3 Å². The van der Waals surface area contributed by atoms with Crippen LogP contribution in [0.15, 0.2) is 71.8 Å². The van der Waals surface area contributed by atoms with E-state index < -0.39 is 0 Å². The highest BCUT2D eigenvalue weighted by atomic mass is 35.5. The number of hydrogen-bond acceptors (Lipinski definition) is 5. The van der Waals surface area contributed by atoms with Gasteiger partial charge in [-0.3, -0.25) is 0 Å². The Balaban J connectivity index is 1.55.